The number of halogens is 1. The summed E-state index contributed by atoms with van der Waals surface area (Å²) in [5, 5.41) is 43.9. The predicted molar refractivity (Wildman–Crippen MR) is 348 cm³/mol. The molecule has 2 unspecified atom stereocenters. The summed E-state index contributed by atoms with van der Waals surface area (Å²) in [4.78, 5) is 51.8. The second-order valence-corrected chi connectivity index (χ2v) is 23.7. The highest BCUT2D eigenvalue weighted by molar-refractivity contribution is 6.27. The van der Waals surface area contributed by atoms with Gasteiger partial charge >= 0.3 is 11.9 Å². The molecule has 2 amide bonds. The Balaban J connectivity index is 0.000000205. The van der Waals surface area contributed by atoms with Gasteiger partial charge in [0, 0.05) is 23.7 Å². The Hall–Kier alpha value is -7.27. The Morgan fingerprint density at radius 1 is 0.462 bits per heavy atom. The lowest BCUT2D eigenvalue weighted by Gasteiger charge is -2.39. The Labute approximate surface area is 548 Å². The maximum atomic E-state index is 13.3. The lowest BCUT2D eigenvalue weighted by molar-refractivity contribution is -0.142. The summed E-state index contributed by atoms with van der Waals surface area (Å²) in [5.74, 6) is -1.41. The van der Waals surface area contributed by atoms with Gasteiger partial charge < -0.3 is 112 Å². The predicted octanol–water partition coefficient (Wildman–Crippen LogP) is 3.63. The number of ether oxygens (including phenoxy) is 10. The number of alkyl halides is 1. The average molecular weight is 1320 g/mol. The van der Waals surface area contributed by atoms with E-state index in [0.29, 0.717) is 40.7 Å². The largest absolute Gasteiger partial charge is 0.502 e. The normalized spacial score (nSPS) is 20.7. The van der Waals surface area contributed by atoms with Crippen molar-refractivity contribution in [3.63, 3.8) is 0 Å². The SMILES string of the molecule is COc1cc(C2c3cc4c(cc3[C@@H](NC(=O)CCl)[C@H]3COC(=O)[C@@H]23)OCO4)cc(OC)c1O.COc1cc(C2c3cc4c(cc3[C@@H](NC(=O)CNCCCNCCCCNCCCN)[C@H]3COC(=O)[C@@H]23)OCO4)cc(OC)c1O.NCCCNCCCCNCCCN. The molecule has 2 fully saturated rings. The first-order chi connectivity index (χ1) is 45.3. The van der Waals surface area contributed by atoms with E-state index in [4.69, 9.17) is 76.2 Å². The van der Waals surface area contributed by atoms with Gasteiger partial charge in [-0.1, -0.05) is 0 Å². The number of hydrogen-bond acceptors (Lipinski definition) is 24. The molecule has 10 rings (SSSR count). The van der Waals surface area contributed by atoms with Crippen LogP contribution in [0.15, 0.2) is 48.5 Å². The second-order valence-electron chi connectivity index (χ2n) is 23.4. The number of carbonyl (C=O) groups is 4. The number of unbranched alkanes of at least 4 members (excludes halogenated alkanes) is 2. The van der Waals surface area contributed by atoms with E-state index >= 15 is 0 Å². The Morgan fingerprint density at radius 3 is 1.13 bits per heavy atom. The quantitative estimate of drug-likeness (QED) is 0.0180. The first kappa shape index (κ1) is 71.6. The second kappa shape index (κ2) is 36.4. The molecule has 26 nitrogen and oxygen atoms in total. The lowest BCUT2D eigenvalue weighted by Crippen LogP contribution is -2.45. The minimum Gasteiger partial charge on any atom is -0.502 e. The number of aromatic hydroxyl groups is 2. The van der Waals surface area contributed by atoms with Crippen molar-refractivity contribution in [1.82, 2.24) is 37.2 Å². The molecule has 27 heteroatoms. The number of nitrogens with one attached hydrogen (secondary N) is 7. The fourth-order valence-corrected chi connectivity index (χ4v) is 12.9. The van der Waals surface area contributed by atoms with Crippen LogP contribution in [0.1, 0.15) is 109 Å². The van der Waals surface area contributed by atoms with Crippen LogP contribution < -0.4 is 92.3 Å². The van der Waals surface area contributed by atoms with Crippen LogP contribution in [0.25, 0.3) is 0 Å². The molecule has 4 heterocycles. The van der Waals surface area contributed by atoms with Gasteiger partial charge in [0.2, 0.25) is 36.9 Å². The van der Waals surface area contributed by atoms with E-state index < -0.39 is 35.8 Å². The summed E-state index contributed by atoms with van der Waals surface area (Å²) in [6.45, 7) is 11.7. The van der Waals surface area contributed by atoms with Crippen molar-refractivity contribution in [3.8, 4) is 57.5 Å². The number of carbonyl (C=O) groups excluding carboxylic acids is 4. The third-order valence-corrected chi connectivity index (χ3v) is 17.7. The molecular formula is C66H95ClN10O16. The van der Waals surface area contributed by atoms with E-state index in [2.05, 4.69) is 37.2 Å². The smallest absolute Gasteiger partial charge is 0.310 e. The molecule has 4 aromatic rings. The van der Waals surface area contributed by atoms with Gasteiger partial charge in [0.25, 0.3) is 0 Å². The van der Waals surface area contributed by atoms with Gasteiger partial charge in [0.15, 0.2) is 46.0 Å². The van der Waals surface area contributed by atoms with Gasteiger partial charge in [0.05, 0.1) is 72.1 Å². The highest BCUT2D eigenvalue weighted by atomic mass is 35.5. The van der Waals surface area contributed by atoms with E-state index in [0.717, 1.165) is 133 Å². The molecule has 8 atom stereocenters. The summed E-state index contributed by atoms with van der Waals surface area (Å²) < 4.78 is 55.2. The first-order valence-electron chi connectivity index (χ1n) is 32.2. The maximum Gasteiger partial charge on any atom is 0.310 e. The Bertz CT molecular complexity index is 3050. The lowest BCUT2D eigenvalue weighted by atomic mass is 9.65. The Morgan fingerprint density at radius 2 is 0.785 bits per heavy atom. The highest BCUT2D eigenvalue weighted by Gasteiger charge is 2.55. The van der Waals surface area contributed by atoms with E-state index in [1.54, 1.807) is 24.3 Å². The van der Waals surface area contributed by atoms with Crippen LogP contribution in [0, 0.1) is 23.7 Å². The molecular weight excluding hydrogens is 1220 g/mol. The van der Waals surface area contributed by atoms with Crippen LogP contribution >= 0.6 is 11.6 Å². The van der Waals surface area contributed by atoms with Gasteiger partial charge in [-0.05, 0) is 212 Å². The summed E-state index contributed by atoms with van der Waals surface area (Å²) in [7, 11) is 5.80. The fourth-order valence-electron chi connectivity index (χ4n) is 12.8. The molecule has 0 saturated carbocycles. The molecule has 0 aromatic heterocycles. The number of hydrogen-bond donors (Lipinski definition) is 12. The van der Waals surface area contributed by atoms with E-state index in [1.165, 1.54) is 41.3 Å². The number of amides is 2. The van der Waals surface area contributed by atoms with Crippen molar-refractivity contribution in [2.45, 2.75) is 75.3 Å². The monoisotopic (exact) mass is 1320 g/mol. The molecule has 93 heavy (non-hydrogen) atoms. The molecule has 2 saturated heterocycles. The first-order valence-corrected chi connectivity index (χ1v) is 32.8. The molecule has 6 aliphatic rings. The van der Waals surface area contributed by atoms with Crippen LogP contribution in [-0.2, 0) is 28.7 Å². The van der Waals surface area contributed by atoms with Crippen molar-refractivity contribution in [2.24, 2.45) is 40.9 Å². The highest BCUT2D eigenvalue weighted by Crippen LogP contribution is 2.57. The number of phenols is 2. The minimum atomic E-state index is -0.600. The molecule has 0 radical (unpaired) electrons. The zero-order chi connectivity index (χ0) is 66.2. The number of nitrogens with two attached hydrogens (primary N) is 3. The number of fused-ring (bicyclic) bond motifs is 6. The fraction of sp³-hybridized carbons (Fsp3) is 0.576. The van der Waals surface area contributed by atoms with Gasteiger partial charge in [-0.15, -0.1) is 11.6 Å². The van der Waals surface area contributed by atoms with E-state index in [1.807, 2.05) is 24.3 Å². The van der Waals surface area contributed by atoms with Crippen molar-refractivity contribution in [3.05, 3.63) is 81.9 Å². The molecule has 512 valence electrons. The van der Waals surface area contributed by atoms with Crippen molar-refractivity contribution < 1.29 is 76.8 Å². The molecule has 2 aliphatic carbocycles. The zero-order valence-electron chi connectivity index (χ0n) is 53.8. The Kier molecular flexibility index (Phi) is 28.0. The van der Waals surface area contributed by atoms with Gasteiger partial charge in [-0.25, -0.2) is 0 Å². The van der Waals surface area contributed by atoms with Crippen LogP contribution in [0.4, 0.5) is 0 Å². The summed E-state index contributed by atoms with van der Waals surface area (Å²) >= 11 is 5.76. The molecule has 4 aliphatic heterocycles. The summed E-state index contributed by atoms with van der Waals surface area (Å²) in [6.07, 6.45) is 8.76. The van der Waals surface area contributed by atoms with Crippen LogP contribution in [0.5, 0.6) is 57.5 Å². The van der Waals surface area contributed by atoms with Crippen molar-refractivity contribution in [1.29, 1.82) is 0 Å². The molecule has 0 spiro atoms. The number of phenolic OH excluding ortho intramolecular Hbond substituents is 2. The zero-order valence-corrected chi connectivity index (χ0v) is 54.6. The van der Waals surface area contributed by atoms with E-state index in [9.17, 15) is 29.4 Å². The van der Waals surface area contributed by atoms with E-state index in [-0.39, 0.29) is 109 Å². The number of esters is 2. The van der Waals surface area contributed by atoms with Gasteiger partial charge in [-0.2, -0.15) is 0 Å². The number of methoxy groups -OCH3 is 4. The van der Waals surface area contributed by atoms with Crippen molar-refractivity contribution in [2.75, 3.05) is 146 Å². The van der Waals surface area contributed by atoms with Crippen molar-refractivity contribution >= 4 is 35.4 Å². The summed E-state index contributed by atoms with van der Waals surface area (Å²) in [6, 6.07) is 13.2. The molecule has 15 N–H and O–H groups in total. The van der Waals surface area contributed by atoms with Crippen LogP contribution in [-0.4, -0.2) is 180 Å². The molecule has 0 bridgehead atoms. The number of rotatable bonds is 34. The topological polar surface area (TPSA) is 363 Å². The number of benzene rings is 4. The van der Waals surface area contributed by atoms with Crippen LogP contribution in [0.2, 0.25) is 0 Å². The minimum absolute atomic E-state index is 0.0807. The maximum absolute atomic E-state index is 13.3. The number of cyclic esters (lactones) is 2. The van der Waals surface area contributed by atoms with Gasteiger partial charge in [0.1, 0.15) is 5.88 Å². The average Bonchev–Trinajstić information content (AvgIpc) is 1.71. The standard InChI is InChI=1S/C33H47N5O8.C23H22ClNO8.C10H26N4/c1-42-26-13-20(14-27(43-2)32(26)40)29-21-15-24-25(46-19-45-24)16-22(21)31(23-18-44-33(41)30(23)29)38-28(39)17-37-12-6-11-36-9-4-3-8-35-10-5-7-34;1-29-16-3-10(4-17(30-2)22(16)27)19-11-5-14-15(33-9-32-14)6-12(11)21(25-18(26)7-24)13-8-31-23(28)20(13)19;11-5-3-9-13-7-1-2-8-14-10-4-6-12/h13-16,23,29-31,35-37,40H,3-12,17-19,34H2,1-2H3,(H,38,39);3-6,13,19-21,27H,7-9H2,1-2H3,(H,25,26);13-14H,1-12H2/t23-,29?,30+,31+;13-,19?,20+,21+;/m00./s1. The summed E-state index contributed by atoms with van der Waals surface area (Å²) in [5.41, 5.74) is 20.8. The van der Waals surface area contributed by atoms with Crippen LogP contribution in [0.3, 0.4) is 0 Å². The third kappa shape index (κ3) is 18.2. The third-order valence-electron chi connectivity index (χ3n) is 17.4. The van der Waals surface area contributed by atoms with Gasteiger partial charge in [-0.3, -0.25) is 19.2 Å². The molecule has 4 aromatic carbocycles.